The fourth-order valence-electron chi connectivity index (χ4n) is 1.09. The van der Waals surface area contributed by atoms with Gasteiger partial charge in [0.2, 0.25) is 10.0 Å². The molecule has 0 radical (unpaired) electrons. The number of nitrogens with one attached hydrogen (secondary N) is 1. The summed E-state index contributed by atoms with van der Waals surface area (Å²) < 4.78 is 41.4. The monoisotopic (exact) mass is 247 g/mol. The Balaban J connectivity index is 3.23. The van der Waals surface area contributed by atoms with Crippen LogP contribution in [0.15, 0.2) is 18.2 Å². The van der Waals surface area contributed by atoms with Crippen molar-refractivity contribution < 1.29 is 22.3 Å². The molecule has 7 heteroatoms. The van der Waals surface area contributed by atoms with E-state index < -0.39 is 21.8 Å². The van der Waals surface area contributed by atoms with Gasteiger partial charge in [0, 0.05) is 0 Å². The lowest BCUT2D eigenvalue weighted by molar-refractivity contribution is 0.0602. The lowest BCUT2D eigenvalue weighted by Crippen LogP contribution is -2.14. The topological polar surface area (TPSA) is 72.5 Å². The number of hydrogen-bond acceptors (Lipinski definition) is 4. The number of carbonyl (C=O) groups is 1. The van der Waals surface area contributed by atoms with Gasteiger partial charge in [-0.15, -0.1) is 0 Å². The van der Waals surface area contributed by atoms with Crippen LogP contribution in [0.4, 0.5) is 10.1 Å². The first kappa shape index (κ1) is 12.4. The number of carbonyl (C=O) groups excluding carboxylic acids is 1. The zero-order chi connectivity index (χ0) is 12.3. The number of anilines is 1. The van der Waals surface area contributed by atoms with Gasteiger partial charge in [0.15, 0.2) is 0 Å². The lowest BCUT2D eigenvalue weighted by atomic mass is 10.2. The molecule has 1 aromatic rings. The summed E-state index contributed by atoms with van der Waals surface area (Å²) in [5.41, 5.74) is -0.191. The second-order valence-electron chi connectivity index (χ2n) is 3.06. The maximum absolute atomic E-state index is 12.9. The summed E-state index contributed by atoms with van der Waals surface area (Å²) in [6.07, 6.45) is 0.902. The highest BCUT2D eigenvalue weighted by Crippen LogP contribution is 2.19. The molecule has 0 saturated heterocycles. The van der Waals surface area contributed by atoms with Gasteiger partial charge in [-0.3, -0.25) is 4.72 Å². The van der Waals surface area contributed by atoms with Crippen molar-refractivity contribution in [1.29, 1.82) is 0 Å². The highest BCUT2D eigenvalue weighted by atomic mass is 32.2. The Morgan fingerprint density at radius 1 is 1.44 bits per heavy atom. The summed E-state index contributed by atoms with van der Waals surface area (Å²) in [7, 11) is -2.43. The molecule has 0 unspecified atom stereocenters. The van der Waals surface area contributed by atoms with Crippen molar-refractivity contribution >= 4 is 21.7 Å². The predicted octanol–water partition coefficient (Wildman–Crippen LogP) is 0.984. The fraction of sp³-hybridized carbons (Fsp3) is 0.222. The van der Waals surface area contributed by atoms with E-state index in [1.54, 1.807) is 0 Å². The van der Waals surface area contributed by atoms with Crippen molar-refractivity contribution in [3.8, 4) is 0 Å². The van der Waals surface area contributed by atoms with Crippen LogP contribution in [0.2, 0.25) is 0 Å². The van der Waals surface area contributed by atoms with E-state index in [0.717, 1.165) is 31.6 Å². The molecule has 0 aliphatic carbocycles. The maximum atomic E-state index is 12.9. The summed E-state index contributed by atoms with van der Waals surface area (Å²) in [5, 5.41) is 0. The van der Waals surface area contributed by atoms with Gasteiger partial charge in [0.1, 0.15) is 5.82 Å². The summed E-state index contributed by atoms with van der Waals surface area (Å²) in [4.78, 5) is 11.3. The van der Waals surface area contributed by atoms with Gasteiger partial charge in [-0.05, 0) is 18.2 Å². The quantitative estimate of drug-likeness (QED) is 0.808. The van der Waals surface area contributed by atoms with Crippen molar-refractivity contribution in [1.82, 2.24) is 0 Å². The van der Waals surface area contributed by atoms with Crippen molar-refractivity contribution in [2.45, 2.75) is 0 Å². The minimum absolute atomic E-state index is 0.0469. The normalized spacial score (nSPS) is 10.9. The van der Waals surface area contributed by atoms with Gasteiger partial charge < -0.3 is 4.74 Å². The van der Waals surface area contributed by atoms with Crippen LogP contribution in [0.3, 0.4) is 0 Å². The van der Waals surface area contributed by atoms with Crippen LogP contribution < -0.4 is 4.72 Å². The van der Waals surface area contributed by atoms with Gasteiger partial charge in [0.25, 0.3) is 0 Å². The van der Waals surface area contributed by atoms with Crippen molar-refractivity contribution in [3.63, 3.8) is 0 Å². The van der Waals surface area contributed by atoms with Crippen LogP contribution in [-0.4, -0.2) is 27.8 Å². The molecule has 5 nitrogen and oxygen atoms in total. The lowest BCUT2D eigenvalue weighted by Gasteiger charge is -2.08. The Bertz CT molecular complexity index is 512. The molecule has 0 heterocycles. The van der Waals surface area contributed by atoms with E-state index in [0.29, 0.717) is 0 Å². The number of ether oxygens (including phenoxy) is 1. The van der Waals surface area contributed by atoms with E-state index in [1.165, 1.54) is 0 Å². The minimum atomic E-state index is -3.58. The number of benzene rings is 1. The van der Waals surface area contributed by atoms with Gasteiger partial charge in [-0.2, -0.15) is 0 Å². The molecule has 1 aromatic carbocycles. The first-order chi connectivity index (χ1) is 7.33. The van der Waals surface area contributed by atoms with Crippen LogP contribution in [0, 0.1) is 5.82 Å². The van der Waals surface area contributed by atoms with Crippen LogP contribution in [0.25, 0.3) is 0 Å². The van der Waals surface area contributed by atoms with Crippen molar-refractivity contribution in [2.24, 2.45) is 0 Å². The largest absolute Gasteiger partial charge is 0.465 e. The molecular weight excluding hydrogens is 237 g/mol. The first-order valence-electron chi connectivity index (χ1n) is 4.19. The average molecular weight is 247 g/mol. The molecule has 0 saturated carbocycles. The number of methoxy groups -OCH3 is 1. The zero-order valence-corrected chi connectivity index (χ0v) is 9.47. The first-order valence-corrected chi connectivity index (χ1v) is 6.08. The molecule has 0 spiro atoms. The second-order valence-corrected chi connectivity index (χ2v) is 4.80. The second kappa shape index (κ2) is 4.48. The number of halogens is 1. The van der Waals surface area contributed by atoms with Crippen LogP contribution in [0.1, 0.15) is 10.4 Å². The Morgan fingerprint density at radius 3 is 2.56 bits per heavy atom. The SMILES string of the molecule is COC(=O)c1ccc(F)cc1NS(C)(=O)=O. The van der Waals surface area contributed by atoms with Gasteiger partial charge in [-0.25, -0.2) is 17.6 Å². The third-order valence-corrected chi connectivity index (χ3v) is 2.27. The molecule has 1 rings (SSSR count). The third kappa shape index (κ3) is 3.20. The molecule has 0 aliphatic rings. The van der Waals surface area contributed by atoms with E-state index in [4.69, 9.17) is 0 Å². The number of hydrogen-bond donors (Lipinski definition) is 1. The molecule has 1 N–H and O–H groups in total. The van der Waals surface area contributed by atoms with Gasteiger partial charge in [0.05, 0.1) is 24.6 Å². The third-order valence-electron chi connectivity index (χ3n) is 1.68. The maximum Gasteiger partial charge on any atom is 0.339 e. The van der Waals surface area contributed by atoms with Crippen molar-refractivity contribution in [2.75, 3.05) is 18.1 Å². The molecule has 0 bridgehead atoms. The molecule has 0 amide bonds. The minimum Gasteiger partial charge on any atom is -0.465 e. The van der Waals surface area contributed by atoms with E-state index in [1.807, 2.05) is 4.72 Å². The molecule has 16 heavy (non-hydrogen) atoms. The molecule has 0 fully saturated rings. The van der Waals surface area contributed by atoms with E-state index in [-0.39, 0.29) is 11.3 Å². The fourth-order valence-corrected chi connectivity index (χ4v) is 1.66. The number of rotatable bonds is 3. The average Bonchev–Trinajstić information content (AvgIpc) is 2.14. The molecular formula is C9H10FNO4S. The number of esters is 1. The smallest absolute Gasteiger partial charge is 0.339 e. The Morgan fingerprint density at radius 2 is 2.06 bits per heavy atom. The summed E-state index contributed by atoms with van der Waals surface area (Å²) in [5.74, 6) is -1.40. The van der Waals surface area contributed by atoms with E-state index >= 15 is 0 Å². The molecule has 0 aliphatic heterocycles. The molecule has 0 atom stereocenters. The van der Waals surface area contributed by atoms with Crippen LogP contribution >= 0.6 is 0 Å². The molecule has 0 aromatic heterocycles. The highest BCUT2D eigenvalue weighted by molar-refractivity contribution is 7.92. The van der Waals surface area contributed by atoms with Gasteiger partial charge in [-0.1, -0.05) is 0 Å². The van der Waals surface area contributed by atoms with Crippen LogP contribution in [-0.2, 0) is 14.8 Å². The summed E-state index contributed by atoms with van der Waals surface area (Å²) in [6, 6.07) is 3.10. The Kier molecular flexibility index (Phi) is 3.48. The summed E-state index contributed by atoms with van der Waals surface area (Å²) >= 11 is 0. The summed E-state index contributed by atoms with van der Waals surface area (Å²) in [6.45, 7) is 0. The Labute approximate surface area is 92.3 Å². The van der Waals surface area contributed by atoms with Gasteiger partial charge >= 0.3 is 5.97 Å². The predicted molar refractivity (Wildman–Crippen MR) is 56.2 cm³/mol. The highest BCUT2D eigenvalue weighted by Gasteiger charge is 2.15. The van der Waals surface area contributed by atoms with Crippen LogP contribution in [0.5, 0.6) is 0 Å². The molecule has 88 valence electrons. The standard InChI is InChI=1S/C9H10FNO4S/c1-15-9(12)7-4-3-6(10)5-8(7)11-16(2,13)14/h3-5,11H,1-2H3. The zero-order valence-electron chi connectivity index (χ0n) is 8.65. The Hall–Kier alpha value is -1.63. The van der Waals surface area contributed by atoms with E-state index in [9.17, 15) is 17.6 Å². The van der Waals surface area contributed by atoms with Crippen molar-refractivity contribution in [3.05, 3.63) is 29.6 Å². The number of sulfonamides is 1. The van der Waals surface area contributed by atoms with E-state index in [2.05, 4.69) is 4.74 Å².